The summed E-state index contributed by atoms with van der Waals surface area (Å²) in [6.45, 7) is 0. The average molecular weight is 307 g/mol. The maximum Gasteiger partial charge on any atom is 0.188 e. The number of nitrogens with zero attached hydrogens (tertiary/aromatic N) is 4. The summed E-state index contributed by atoms with van der Waals surface area (Å²) in [6.07, 6.45) is 0.532. The topological polar surface area (TPSA) is 129 Å². The molecule has 0 saturated carbocycles. The van der Waals surface area contributed by atoms with Crippen LogP contribution in [0.3, 0.4) is 0 Å². The number of imidazole rings is 2. The Hall–Kier alpha value is -3.42. The van der Waals surface area contributed by atoms with Gasteiger partial charge in [-0.1, -0.05) is 17.3 Å². The number of fused-ring (bicyclic) bond motifs is 2. The minimum Gasteiger partial charge on any atom is -0.409 e. The molecule has 8 heteroatoms. The molecule has 4 aromatic rings. The van der Waals surface area contributed by atoms with Gasteiger partial charge in [0.1, 0.15) is 17.3 Å². The third-order valence-corrected chi connectivity index (χ3v) is 3.54. The van der Waals surface area contributed by atoms with Gasteiger partial charge in [-0.2, -0.15) is 0 Å². The summed E-state index contributed by atoms with van der Waals surface area (Å²) in [5.41, 5.74) is 9.13. The van der Waals surface area contributed by atoms with Crippen LogP contribution in [0.2, 0.25) is 0 Å². The minimum atomic E-state index is -0.0475. The Morgan fingerprint density at radius 3 is 2.61 bits per heavy atom. The first-order valence-electron chi connectivity index (χ1n) is 7.00. The van der Waals surface area contributed by atoms with Crippen molar-refractivity contribution < 1.29 is 5.21 Å². The maximum atomic E-state index is 8.71. The number of hydrogen-bond donors (Lipinski definition) is 4. The van der Waals surface area contributed by atoms with Crippen LogP contribution < -0.4 is 5.73 Å². The van der Waals surface area contributed by atoms with E-state index in [1.54, 1.807) is 12.1 Å². The highest BCUT2D eigenvalue weighted by atomic mass is 16.4. The molecule has 23 heavy (non-hydrogen) atoms. The summed E-state index contributed by atoms with van der Waals surface area (Å²) < 4.78 is 0. The Kier molecular flexibility index (Phi) is 2.94. The van der Waals surface area contributed by atoms with Crippen molar-refractivity contribution in [2.45, 2.75) is 6.42 Å². The summed E-state index contributed by atoms with van der Waals surface area (Å²) in [5.74, 6) is 1.51. The van der Waals surface area contributed by atoms with Gasteiger partial charge in [0.05, 0.1) is 23.0 Å². The lowest BCUT2D eigenvalue weighted by Gasteiger charge is -1.95. The van der Waals surface area contributed by atoms with Crippen LogP contribution in [0.25, 0.3) is 22.2 Å². The van der Waals surface area contributed by atoms with Crippen molar-refractivity contribution in [2.24, 2.45) is 10.9 Å². The second kappa shape index (κ2) is 5.09. The predicted molar refractivity (Wildman–Crippen MR) is 85.3 cm³/mol. The number of aromatic amines is 2. The van der Waals surface area contributed by atoms with E-state index in [2.05, 4.69) is 30.1 Å². The number of para-hydroxylation sites is 2. The molecule has 5 N–H and O–H groups in total. The fourth-order valence-electron chi connectivity index (χ4n) is 2.47. The Balaban J connectivity index is 1.68. The standard InChI is InChI=1S/C15H13N7O/c16-14(22-23)10-5-6-11-15(20-10)21-13(19-11)7-12-17-8-3-1-2-4-9(8)18-12/h1-6,23H,7H2,(H2,16,22)(H,17,18)(H,19,20,21). The number of rotatable bonds is 3. The van der Waals surface area contributed by atoms with Crippen molar-refractivity contribution in [1.29, 1.82) is 0 Å². The van der Waals surface area contributed by atoms with Crippen LogP contribution in [0.15, 0.2) is 41.6 Å². The zero-order valence-electron chi connectivity index (χ0n) is 12.0. The Labute approximate surface area is 130 Å². The molecular formula is C15H13N7O. The van der Waals surface area contributed by atoms with Crippen molar-refractivity contribution in [3.05, 3.63) is 53.7 Å². The average Bonchev–Trinajstić information content (AvgIpc) is 3.15. The van der Waals surface area contributed by atoms with Gasteiger partial charge in [0.15, 0.2) is 11.5 Å². The maximum absolute atomic E-state index is 8.71. The monoisotopic (exact) mass is 307 g/mol. The quantitative estimate of drug-likeness (QED) is 0.197. The Morgan fingerprint density at radius 2 is 1.78 bits per heavy atom. The zero-order chi connectivity index (χ0) is 15.8. The highest BCUT2D eigenvalue weighted by Gasteiger charge is 2.10. The van der Waals surface area contributed by atoms with E-state index in [9.17, 15) is 0 Å². The predicted octanol–water partition coefficient (Wildman–Crippen LogP) is 1.52. The molecule has 0 aliphatic heterocycles. The molecule has 8 nitrogen and oxygen atoms in total. The van der Waals surface area contributed by atoms with Gasteiger partial charge >= 0.3 is 0 Å². The lowest BCUT2D eigenvalue weighted by molar-refractivity contribution is 0.318. The fourth-order valence-corrected chi connectivity index (χ4v) is 2.47. The number of H-pyrrole nitrogens is 2. The van der Waals surface area contributed by atoms with Gasteiger partial charge in [-0.15, -0.1) is 0 Å². The number of nitrogens with two attached hydrogens (primary N) is 1. The third-order valence-electron chi connectivity index (χ3n) is 3.54. The molecule has 3 heterocycles. The number of oxime groups is 1. The SMILES string of the molecule is NC(=NO)c1ccc2[nH]c(Cc3nc4ccccc4[nH]3)nc2n1. The fraction of sp³-hybridized carbons (Fsp3) is 0.0667. The zero-order valence-corrected chi connectivity index (χ0v) is 12.0. The first-order chi connectivity index (χ1) is 11.2. The van der Waals surface area contributed by atoms with Gasteiger partial charge in [-0.05, 0) is 24.3 Å². The smallest absolute Gasteiger partial charge is 0.188 e. The number of nitrogens with one attached hydrogen (secondary N) is 2. The largest absolute Gasteiger partial charge is 0.409 e. The summed E-state index contributed by atoms with van der Waals surface area (Å²) in [7, 11) is 0. The highest BCUT2D eigenvalue weighted by Crippen LogP contribution is 2.15. The summed E-state index contributed by atoms with van der Waals surface area (Å²) in [5, 5.41) is 11.7. The Morgan fingerprint density at radius 1 is 1.00 bits per heavy atom. The molecule has 114 valence electrons. The number of amidine groups is 1. The molecular weight excluding hydrogens is 294 g/mol. The van der Waals surface area contributed by atoms with E-state index < -0.39 is 0 Å². The lowest BCUT2D eigenvalue weighted by Crippen LogP contribution is -2.14. The molecule has 4 rings (SSSR count). The van der Waals surface area contributed by atoms with Crippen LogP contribution in [0.5, 0.6) is 0 Å². The van der Waals surface area contributed by atoms with E-state index >= 15 is 0 Å². The van der Waals surface area contributed by atoms with Crippen molar-refractivity contribution >= 4 is 28.0 Å². The number of pyridine rings is 1. The van der Waals surface area contributed by atoms with E-state index in [0.29, 0.717) is 17.8 Å². The third kappa shape index (κ3) is 2.35. The number of benzene rings is 1. The molecule has 0 aliphatic carbocycles. The van der Waals surface area contributed by atoms with Crippen LogP contribution in [-0.4, -0.2) is 36.0 Å². The van der Waals surface area contributed by atoms with Crippen LogP contribution in [0, 0.1) is 0 Å². The van der Waals surface area contributed by atoms with E-state index in [-0.39, 0.29) is 5.84 Å². The van der Waals surface area contributed by atoms with Crippen molar-refractivity contribution in [3.8, 4) is 0 Å². The van der Waals surface area contributed by atoms with Gasteiger partial charge in [0, 0.05) is 0 Å². The van der Waals surface area contributed by atoms with Crippen LogP contribution in [0.4, 0.5) is 0 Å². The van der Waals surface area contributed by atoms with E-state index in [4.69, 9.17) is 10.9 Å². The summed E-state index contributed by atoms with van der Waals surface area (Å²) >= 11 is 0. The molecule has 0 atom stereocenters. The normalized spacial score (nSPS) is 12.3. The number of hydrogen-bond acceptors (Lipinski definition) is 5. The van der Waals surface area contributed by atoms with Crippen LogP contribution in [-0.2, 0) is 6.42 Å². The van der Waals surface area contributed by atoms with E-state index in [1.165, 1.54) is 0 Å². The van der Waals surface area contributed by atoms with Gasteiger partial charge in [0.2, 0.25) is 0 Å². The first kappa shape index (κ1) is 13.3. The molecule has 1 aromatic carbocycles. The van der Waals surface area contributed by atoms with Gasteiger partial charge in [0.25, 0.3) is 0 Å². The molecule has 0 unspecified atom stereocenters. The van der Waals surface area contributed by atoms with E-state index in [0.717, 1.165) is 28.2 Å². The minimum absolute atomic E-state index is 0.0475. The molecule has 0 saturated heterocycles. The van der Waals surface area contributed by atoms with Gasteiger partial charge < -0.3 is 20.9 Å². The second-order valence-corrected chi connectivity index (χ2v) is 5.11. The second-order valence-electron chi connectivity index (χ2n) is 5.11. The van der Waals surface area contributed by atoms with Crippen molar-refractivity contribution in [1.82, 2.24) is 24.9 Å². The Bertz CT molecular complexity index is 998. The molecule has 0 bridgehead atoms. The van der Waals surface area contributed by atoms with Gasteiger partial charge in [-0.3, -0.25) is 0 Å². The van der Waals surface area contributed by atoms with E-state index in [1.807, 2.05) is 24.3 Å². The van der Waals surface area contributed by atoms with Crippen LogP contribution in [0.1, 0.15) is 17.3 Å². The van der Waals surface area contributed by atoms with Crippen LogP contribution >= 0.6 is 0 Å². The molecule has 0 fully saturated rings. The molecule has 3 aromatic heterocycles. The van der Waals surface area contributed by atoms with Gasteiger partial charge in [-0.25, -0.2) is 15.0 Å². The highest BCUT2D eigenvalue weighted by molar-refractivity contribution is 5.96. The summed E-state index contributed by atoms with van der Waals surface area (Å²) in [6, 6.07) is 11.3. The molecule has 0 spiro atoms. The summed E-state index contributed by atoms with van der Waals surface area (Å²) in [4.78, 5) is 19.7. The molecule has 0 radical (unpaired) electrons. The molecule has 0 aliphatic rings. The first-order valence-corrected chi connectivity index (χ1v) is 7.00. The van der Waals surface area contributed by atoms with Crippen molar-refractivity contribution in [2.75, 3.05) is 0 Å². The molecule has 0 amide bonds. The van der Waals surface area contributed by atoms with Crippen molar-refractivity contribution in [3.63, 3.8) is 0 Å². The lowest BCUT2D eigenvalue weighted by atomic mass is 10.3. The number of aromatic nitrogens is 5.